The number of nitrogens with one attached hydrogen (secondary N) is 1. The van der Waals surface area contributed by atoms with E-state index in [1.807, 2.05) is 0 Å². The number of nitrogens with two attached hydrogens (primary N) is 2. The van der Waals surface area contributed by atoms with Gasteiger partial charge in [-0.2, -0.15) is 0 Å². The highest BCUT2D eigenvalue weighted by Gasteiger charge is 2.05. The van der Waals surface area contributed by atoms with Gasteiger partial charge in [0.25, 0.3) is 0 Å². The molecule has 4 heteroatoms. The molecule has 0 aliphatic heterocycles. The van der Waals surface area contributed by atoms with Gasteiger partial charge in [0, 0.05) is 19.0 Å². The minimum atomic E-state index is -0.320. The molecule has 0 aliphatic rings. The molecule has 0 saturated heterocycles. The highest BCUT2D eigenvalue weighted by Crippen LogP contribution is 1.84. The molecule has 5 N–H and O–H groups in total. The van der Waals surface area contributed by atoms with E-state index in [4.69, 9.17) is 11.5 Å². The Bertz CT molecular complexity index is 90.2. The van der Waals surface area contributed by atoms with Gasteiger partial charge in [0.2, 0.25) is 5.91 Å². The number of likely N-dealkylation sites (N-methyl/N-ethyl adjacent to an activating group) is 1. The zero-order chi connectivity index (χ0) is 7.28. The number of rotatable bonds is 4. The summed E-state index contributed by atoms with van der Waals surface area (Å²) in [5.74, 6) is -0.320. The number of carbonyl (C=O) groups excluding carboxylic acids is 1. The molecule has 0 fully saturated rings. The summed E-state index contributed by atoms with van der Waals surface area (Å²) in [5.41, 5.74) is 10.2. The number of hydrogen-bond donors (Lipinski definition) is 3. The molecule has 9 heavy (non-hydrogen) atoms. The van der Waals surface area contributed by atoms with Gasteiger partial charge in [-0.1, -0.05) is 0 Å². The topological polar surface area (TPSA) is 81.1 Å². The number of amides is 1. The van der Waals surface area contributed by atoms with E-state index in [2.05, 4.69) is 5.32 Å². The fraction of sp³-hybridized carbons (Fsp3) is 0.800. The molecule has 1 atom stereocenters. The largest absolute Gasteiger partial charge is 0.370 e. The standard InChI is InChI=1S/C5H13N3O/c1-8-4(3-6)2-5(7)9/h4,8H,2-3,6H2,1H3,(H2,7,9). The lowest BCUT2D eigenvalue weighted by Crippen LogP contribution is -2.36. The fourth-order valence-electron chi connectivity index (χ4n) is 0.546. The first kappa shape index (κ1) is 8.39. The first-order valence-corrected chi connectivity index (χ1v) is 2.86. The smallest absolute Gasteiger partial charge is 0.219 e. The van der Waals surface area contributed by atoms with E-state index in [0.717, 1.165) is 0 Å². The molecule has 0 heterocycles. The van der Waals surface area contributed by atoms with Crippen LogP contribution in [0.3, 0.4) is 0 Å². The summed E-state index contributed by atoms with van der Waals surface area (Å²) < 4.78 is 0. The number of primary amides is 1. The molecule has 0 spiro atoms. The highest BCUT2D eigenvalue weighted by atomic mass is 16.1. The van der Waals surface area contributed by atoms with E-state index >= 15 is 0 Å². The third-order valence-corrected chi connectivity index (χ3v) is 1.14. The second-order valence-electron chi connectivity index (χ2n) is 1.89. The molecule has 1 unspecified atom stereocenters. The van der Waals surface area contributed by atoms with Crippen LogP contribution < -0.4 is 16.8 Å². The van der Waals surface area contributed by atoms with Gasteiger partial charge in [-0.3, -0.25) is 4.79 Å². The van der Waals surface area contributed by atoms with Gasteiger partial charge in [0.15, 0.2) is 0 Å². The maximum atomic E-state index is 10.3. The number of hydrogen-bond acceptors (Lipinski definition) is 3. The molecular formula is C5H13N3O. The molecule has 0 radical (unpaired) electrons. The van der Waals surface area contributed by atoms with Crippen molar-refractivity contribution in [3.63, 3.8) is 0 Å². The van der Waals surface area contributed by atoms with E-state index in [0.29, 0.717) is 13.0 Å². The lowest BCUT2D eigenvalue weighted by molar-refractivity contribution is -0.118. The molecule has 0 saturated carbocycles. The van der Waals surface area contributed by atoms with Crippen LogP contribution in [0.2, 0.25) is 0 Å². The maximum absolute atomic E-state index is 10.3. The van der Waals surface area contributed by atoms with Crippen molar-refractivity contribution in [2.75, 3.05) is 13.6 Å². The van der Waals surface area contributed by atoms with Crippen molar-refractivity contribution >= 4 is 5.91 Å². The average molecular weight is 131 g/mol. The van der Waals surface area contributed by atoms with Crippen molar-refractivity contribution in [3.05, 3.63) is 0 Å². The molecular weight excluding hydrogens is 118 g/mol. The maximum Gasteiger partial charge on any atom is 0.219 e. The van der Waals surface area contributed by atoms with Gasteiger partial charge in [-0.25, -0.2) is 0 Å². The fourth-order valence-corrected chi connectivity index (χ4v) is 0.546. The normalized spacial score (nSPS) is 13.1. The Morgan fingerprint density at radius 2 is 2.33 bits per heavy atom. The summed E-state index contributed by atoms with van der Waals surface area (Å²) in [7, 11) is 1.75. The van der Waals surface area contributed by atoms with E-state index in [-0.39, 0.29) is 11.9 Å². The first-order valence-electron chi connectivity index (χ1n) is 2.86. The Labute approximate surface area is 54.6 Å². The molecule has 0 aromatic heterocycles. The van der Waals surface area contributed by atoms with E-state index in [1.165, 1.54) is 0 Å². The highest BCUT2D eigenvalue weighted by molar-refractivity contribution is 5.74. The lowest BCUT2D eigenvalue weighted by atomic mass is 10.2. The second-order valence-corrected chi connectivity index (χ2v) is 1.89. The number of carbonyl (C=O) groups is 1. The molecule has 54 valence electrons. The van der Waals surface area contributed by atoms with Crippen LogP contribution in [-0.4, -0.2) is 25.5 Å². The van der Waals surface area contributed by atoms with Crippen molar-refractivity contribution in [2.24, 2.45) is 11.5 Å². The second kappa shape index (κ2) is 4.29. The Morgan fingerprint density at radius 3 is 2.44 bits per heavy atom. The average Bonchev–Trinajstić information content (AvgIpc) is 1.82. The Balaban J connectivity index is 3.43. The van der Waals surface area contributed by atoms with Crippen LogP contribution in [0.15, 0.2) is 0 Å². The molecule has 0 bridgehead atoms. The van der Waals surface area contributed by atoms with E-state index in [9.17, 15) is 4.79 Å². The minimum absolute atomic E-state index is 0.0301. The predicted octanol–water partition coefficient (Wildman–Crippen LogP) is -1.59. The molecule has 1 amide bonds. The van der Waals surface area contributed by atoms with Crippen molar-refractivity contribution < 1.29 is 4.79 Å². The Hall–Kier alpha value is -0.610. The van der Waals surface area contributed by atoms with E-state index in [1.54, 1.807) is 7.05 Å². The van der Waals surface area contributed by atoms with Crippen LogP contribution in [-0.2, 0) is 4.79 Å². The SMILES string of the molecule is CNC(CN)CC(N)=O. The van der Waals surface area contributed by atoms with Crippen molar-refractivity contribution in [1.82, 2.24) is 5.32 Å². The third-order valence-electron chi connectivity index (χ3n) is 1.14. The van der Waals surface area contributed by atoms with Gasteiger partial charge in [-0.15, -0.1) is 0 Å². The zero-order valence-electron chi connectivity index (χ0n) is 5.55. The monoisotopic (exact) mass is 131 g/mol. The summed E-state index contributed by atoms with van der Waals surface area (Å²) >= 11 is 0. The molecule has 4 nitrogen and oxygen atoms in total. The van der Waals surface area contributed by atoms with Gasteiger partial charge >= 0.3 is 0 Å². The Morgan fingerprint density at radius 1 is 1.78 bits per heavy atom. The van der Waals surface area contributed by atoms with Gasteiger partial charge in [-0.05, 0) is 7.05 Å². The molecule has 0 aliphatic carbocycles. The van der Waals surface area contributed by atoms with Gasteiger partial charge < -0.3 is 16.8 Å². The van der Waals surface area contributed by atoms with Crippen LogP contribution in [0.5, 0.6) is 0 Å². The summed E-state index contributed by atoms with van der Waals surface area (Å²) in [6.07, 6.45) is 0.312. The van der Waals surface area contributed by atoms with Crippen molar-refractivity contribution in [2.45, 2.75) is 12.5 Å². The first-order chi connectivity index (χ1) is 4.20. The minimum Gasteiger partial charge on any atom is -0.370 e. The van der Waals surface area contributed by atoms with Crippen LogP contribution >= 0.6 is 0 Å². The van der Waals surface area contributed by atoms with Crippen molar-refractivity contribution in [3.8, 4) is 0 Å². The van der Waals surface area contributed by atoms with Crippen LogP contribution in [0, 0.1) is 0 Å². The zero-order valence-corrected chi connectivity index (χ0v) is 5.55. The molecule has 0 aromatic rings. The predicted molar refractivity (Wildman–Crippen MR) is 35.7 cm³/mol. The molecule has 0 rings (SSSR count). The summed E-state index contributed by atoms with van der Waals surface area (Å²) in [6, 6.07) is 0.0301. The van der Waals surface area contributed by atoms with Crippen molar-refractivity contribution in [1.29, 1.82) is 0 Å². The van der Waals surface area contributed by atoms with Gasteiger partial charge in [0.1, 0.15) is 0 Å². The third kappa shape index (κ3) is 3.93. The lowest BCUT2D eigenvalue weighted by Gasteiger charge is -2.09. The summed E-state index contributed by atoms with van der Waals surface area (Å²) in [6.45, 7) is 0.444. The van der Waals surface area contributed by atoms with Crippen LogP contribution in [0.4, 0.5) is 0 Å². The summed E-state index contributed by atoms with van der Waals surface area (Å²) in [5, 5.41) is 2.86. The Kier molecular flexibility index (Phi) is 4.00. The van der Waals surface area contributed by atoms with Crippen LogP contribution in [0.1, 0.15) is 6.42 Å². The van der Waals surface area contributed by atoms with Gasteiger partial charge in [0.05, 0.1) is 0 Å². The van der Waals surface area contributed by atoms with E-state index < -0.39 is 0 Å². The molecule has 0 aromatic carbocycles. The quantitative estimate of drug-likeness (QED) is 0.430. The van der Waals surface area contributed by atoms with Crippen LogP contribution in [0.25, 0.3) is 0 Å². The summed E-state index contributed by atoms with van der Waals surface area (Å²) in [4.78, 5) is 10.3.